The molecule has 0 aliphatic carbocycles. The summed E-state index contributed by atoms with van der Waals surface area (Å²) in [6.45, 7) is 10.5. The van der Waals surface area contributed by atoms with E-state index in [-0.39, 0.29) is 29.5 Å². The summed E-state index contributed by atoms with van der Waals surface area (Å²) in [5.74, 6) is 0.248. The topological polar surface area (TPSA) is 61.4 Å². The molecule has 1 aromatic carbocycles. The van der Waals surface area contributed by atoms with Gasteiger partial charge in [0.2, 0.25) is 0 Å². The van der Waals surface area contributed by atoms with Gasteiger partial charge in [-0.15, -0.1) is 0 Å². The average molecular weight is 306 g/mol. The third kappa shape index (κ3) is 6.48. The van der Waals surface area contributed by atoms with Gasteiger partial charge < -0.3 is 15.7 Å². The van der Waals surface area contributed by atoms with Crippen molar-refractivity contribution < 1.29 is 9.90 Å². The molecule has 0 aromatic heterocycles. The smallest absolute Gasteiger partial charge is 0.315 e. The second kappa shape index (κ2) is 8.18. The monoisotopic (exact) mass is 306 g/mol. The first-order valence-electron chi connectivity index (χ1n) is 7.98. The van der Waals surface area contributed by atoms with Crippen LogP contribution < -0.4 is 10.6 Å². The maximum absolute atomic E-state index is 12.0. The molecule has 0 saturated carbocycles. The molecule has 0 fully saturated rings. The van der Waals surface area contributed by atoms with Crippen molar-refractivity contribution in [3.8, 4) is 0 Å². The summed E-state index contributed by atoms with van der Waals surface area (Å²) >= 11 is 0. The lowest BCUT2D eigenvalue weighted by molar-refractivity contribution is 0.128. The molecule has 3 unspecified atom stereocenters. The lowest BCUT2D eigenvalue weighted by Gasteiger charge is -2.27. The Morgan fingerprint density at radius 1 is 1.18 bits per heavy atom. The molecular weight excluding hydrogens is 276 g/mol. The molecular formula is C18H30N2O2. The van der Waals surface area contributed by atoms with Crippen LogP contribution in [0.1, 0.15) is 52.5 Å². The number of aliphatic hydroxyl groups is 1. The van der Waals surface area contributed by atoms with Crippen LogP contribution in [0.25, 0.3) is 0 Å². The van der Waals surface area contributed by atoms with Gasteiger partial charge in [0.1, 0.15) is 0 Å². The van der Waals surface area contributed by atoms with Gasteiger partial charge in [0.05, 0.1) is 6.10 Å². The van der Waals surface area contributed by atoms with Crippen LogP contribution in [0.5, 0.6) is 0 Å². The highest BCUT2D eigenvalue weighted by Gasteiger charge is 2.22. The molecule has 0 bridgehead atoms. The van der Waals surface area contributed by atoms with E-state index in [1.165, 1.54) is 5.56 Å². The summed E-state index contributed by atoms with van der Waals surface area (Å²) in [6.07, 6.45) is 0.292. The average Bonchev–Trinajstić information content (AvgIpc) is 2.44. The van der Waals surface area contributed by atoms with Gasteiger partial charge in [0.25, 0.3) is 0 Å². The molecule has 0 heterocycles. The van der Waals surface area contributed by atoms with Gasteiger partial charge in [0.15, 0.2) is 0 Å². The molecule has 4 nitrogen and oxygen atoms in total. The number of urea groups is 1. The van der Waals surface area contributed by atoms with Gasteiger partial charge in [-0.25, -0.2) is 4.79 Å². The second-order valence-electron chi connectivity index (χ2n) is 7.03. The summed E-state index contributed by atoms with van der Waals surface area (Å²) in [5.41, 5.74) is 1.09. The molecule has 3 atom stereocenters. The Morgan fingerprint density at radius 3 is 2.32 bits per heavy atom. The van der Waals surface area contributed by atoms with E-state index in [0.717, 1.165) is 0 Å². The summed E-state index contributed by atoms with van der Waals surface area (Å²) in [7, 11) is 0. The molecule has 3 N–H and O–H groups in total. The minimum atomic E-state index is -0.364. The van der Waals surface area contributed by atoms with Crippen LogP contribution in [-0.4, -0.2) is 29.8 Å². The van der Waals surface area contributed by atoms with Crippen molar-refractivity contribution in [2.45, 2.75) is 59.1 Å². The Labute approximate surface area is 134 Å². The van der Waals surface area contributed by atoms with Crippen LogP contribution in [0, 0.1) is 5.41 Å². The molecule has 2 amide bonds. The predicted octanol–water partition coefficient (Wildman–Crippen LogP) is 3.27. The number of carbonyl (C=O) groups excluding carboxylic acids is 1. The molecule has 0 radical (unpaired) electrons. The van der Waals surface area contributed by atoms with Crippen LogP contribution >= 0.6 is 0 Å². The number of rotatable bonds is 7. The van der Waals surface area contributed by atoms with Crippen molar-refractivity contribution in [1.82, 2.24) is 10.6 Å². The summed E-state index contributed by atoms with van der Waals surface area (Å²) in [4.78, 5) is 12.0. The number of benzene rings is 1. The van der Waals surface area contributed by atoms with E-state index in [9.17, 15) is 9.90 Å². The van der Waals surface area contributed by atoms with E-state index in [1.807, 2.05) is 39.0 Å². The highest BCUT2D eigenvalue weighted by atomic mass is 16.3. The van der Waals surface area contributed by atoms with Crippen LogP contribution in [0.2, 0.25) is 0 Å². The van der Waals surface area contributed by atoms with Crippen molar-refractivity contribution in [3.05, 3.63) is 35.9 Å². The summed E-state index contributed by atoms with van der Waals surface area (Å²) in [6, 6.07) is 10.1. The lowest BCUT2D eigenvalue weighted by atomic mass is 9.87. The van der Waals surface area contributed by atoms with Crippen molar-refractivity contribution in [1.29, 1.82) is 0 Å². The maximum atomic E-state index is 12.0. The van der Waals surface area contributed by atoms with E-state index >= 15 is 0 Å². The number of hydrogen-bond donors (Lipinski definition) is 3. The Morgan fingerprint density at radius 2 is 1.77 bits per heavy atom. The molecule has 22 heavy (non-hydrogen) atoms. The molecule has 0 aliphatic rings. The van der Waals surface area contributed by atoms with Crippen molar-refractivity contribution in [2.75, 3.05) is 6.54 Å². The highest BCUT2D eigenvalue weighted by molar-refractivity contribution is 5.74. The van der Waals surface area contributed by atoms with Crippen LogP contribution in [0.15, 0.2) is 30.3 Å². The van der Waals surface area contributed by atoms with E-state index in [0.29, 0.717) is 13.0 Å². The second-order valence-corrected chi connectivity index (χ2v) is 7.03. The summed E-state index contributed by atoms with van der Waals surface area (Å²) < 4.78 is 0. The first kappa shape index (κ1) is 18.5. The zero-order valence-corrected chi connectivity index (χ0v) is 14.4. The molecule has 0 spiro atoms. The van der Waals surface area contributed by atoms with E-state index in [1.54, 1.807) is 6.92 Å². The Balaban J connectivity index is 2.44. The largest absolute Gasteiger partial charge is 0.393 e. The summed E-state index contributed by atoms with van der Waals surface area (Å²) in [5, 5.41) is 15.4. The lowest BCUT2D eigenvalue weighted by Crippen LogP contribution is -2.46. The van der Waals surface area contributed by atoms with Gasteiger partial charge in [-0.1, -0.05) is 51.1 Å². The normalized spacial score (nSPS) is 15.7. The van der Waals surface area contributed by atoms with Gasteiger partial charge in [-0.2, -0.15) is 0 Å². The van der Waals surface area contributed by atoms with Gasteiger partial charge >= 0.3 is 6.03 Å². The number of hydrogen-bond acceptors (Lipinski definition) is 2. The van der Waals surface area contributed by atoms with Gasteiger partial charge in [0, 0.05) is 18.5 Å². The third-order valence-electron chi connectivity index (χ3n) is 4.01. The molecule has 0 aliphatic heterocycles. The first-order valence-corrected chi connectivity index (χ1v) is 7.98. The molecule has 1 rings (SSSR count). The van der Waals surface area contributed by atoms with Crippen LogP contribution in [0.3, 0.4) is 0 Å². The van der Waals surface area contributed by atoms with Crippen molar-refractivity contribution >= 4 is 6.03 Å². The quantitative estimate of drug-likeness (QED) is 0.724. The Bertz CT molecular complexity index is 457. The molecule has 1 aromatic rings. The molecule has 124 valence electrons. The fourth-order valence-corrected chi connectivity index (χ4v) is 2.62. The first-order chi connectivity index (χ1) is 10.2. The van der Waals surface area contributed by atoms with E-state index in [2.05, 4.69) is 29.7 Å². The predicted molar refractivity (Wildman–Crippen MR) is 90.9 cm³/mol. The Kier molecular flexibility index (Phi) is 6.88. The minimum Gasteiger partial charge on any atom is -0.393 e. The van der Waals surface area contributed by atoms with Crippen LogP contribution in [-0.2, 0) is 0 Å². The molecule has 0 saturated heterocycles. The molecule has 4 heteroatoms. The number of amides is 2. The SMILES string of the molecule is CC(O)CC(C)(C)CNC(=O)NC(C)C(C)c1ccccc1. The van der Waals surface area contributed by atoms with Gasteiger partial charge in [-0.05, 0) is 31.2 Å². The van der Waals surface area contributed by atoms with Crippen LogP contribution in [0.4, 0.5) is 4.79 Å². The zero-order chi connectivity index (χ0) is 16.8. The number of nitrogens with one attached hydrogen (secondary N) is 2. The third-order valence-corrected chi connectivity index (χ3v) is 4.01. The van der Waals surface area contributed by atoms with E-state index in [4.69, 9.17) is 0 Å². The minimum absolute atomic E-state index is 0.0438. The Hall–Kier alpha value is -1.55. The van der Waals surface area contributed by atoms with E-state index < -0.39 is 0 Å². The standard InChI is InChI=1S/C18H30N2O2/c1-13(21)11-18(4,5)12-19-17(22)20-15(3)14(2)16-9-7-6-8-10-16/h6-10,13-15,21H,11-12H2,1-5H3,(H2,19,20,22). The highest BCUT2D eigenvalue weighted by Crippen LogP contribution is 2.21. The number of aliphatic hydroxyl groups excluding tert-OH is 1. The fraction of sp³-hybridized carbons (Fsp3) is 0.611. The zero-order valence-electron chi connectivity index (χ0n) is 14.4. The van der Waals surface area contributed by atoms with Gasteiger partial charge in [-0.3, -0.25) is 0 Å². The van der Waals surface area contributed by atoms with Crippen molar-refractivity contribution in [2.24, 2.45) is 5.41 Å². The fourth-order valence-electron chi connectivity index (χ4n) is 2.62. The van der Waals surface area contributed by atoms with Crippen molar-refractivity contribution in [3.63, 3.8) is 0 Å². The maximum Gasteiger partial charge on any atom is 0.315 e. The number of carbonyl (C=O) groups is 1.